The van der Waals surface area contributed by atoms with Gasteiger partial charge in [0.15, 0.2) is 0 Å². The fourth-order valence-electron chi connectivity index (χ4n) is 2.41. The highest BCUT2D eigenvalue weighted by atomic mass is 16.5. The number of aryl methyl sites for hydroxylation is 2. The maximum Gasteiger partial charge on any atom is 0.323 e. The molecule has 0 heterocycles. The quantitative estimate of drug-likeness (QED) is 0.816. The van der Waals surface area contributed by atoms with Crippen LogP contribution in [0.1, 0.15) is 30.5 Å². The molecule has 3 heteroatoms. The molecule has 3 nitrogen and oxygen atoms in total. The Morgan fingerprint density at radius 3 is 2.18 bits per heavy atom. The molecule has 0 aliphatic carbocycles. The van der Waals surface area contributed by atoms with Crippen molar-refractivity contribution in [1.82, 2.24) is 0 Å². The van der Waals surface area contributed by atoms with Crippen LogP contribution in [0.2, 0.25) is 0 Å². The zero-order valence-electron chi connectivity index (χ0n) is 11.2. The van der Waals surface area contributed by atoms with Crippen LogP contribution in [0.5, 0.6) is 0 Å². The number of hydrogen-bond acceptors (Lipinski definition) is 3. The molecule has 0 aromatic heterocycles. The van der Waals surface area contributed by atoms with E-state index in [9.17, 15) is 4.79 Å². The van der Waals surface area contributed by atoms with Gasteiger partial charge in [0.1, 0.15) is 6.04 Å². The number of benzene rings is 1. The van der Waals surface area contributed by atoms with Gasteiger partial charge < -0.3 is 10.5 Å². The summed E-state index contributed by atoms with van der Waals surface area (Å²) >= 11 is 0. The van der Waals surface area contributed by atoms with E-state index in [1.54, 1.807) is 0 Å². The van der Waals surface area contributed by atoms with Crippen LogP contribution in [0.4, 0.5) is 0 Å². The Morgan fingerprint density at radius 1 is 1.29 bits per heavy atom. The van der Waals surface area contributed by atoms with Crippen molar-refractivity contribution in [1.29, 1.82) is 0 Å². The van der Waals surface area contributed by atoms with Gasteiger partial charge in [-0.05, 0) is 30.5 Å². The number of esters is 1. The van der Waals surface area contributed by atoms with Crippen molar-refractivity contribution in [2.45, 2.75) is 39.2 Å². The van der Waals surface area contributed by atoms with Gasteiger partial charge in [-0.1, -0.05) is 32.0 Å². The van der Waals surface area contributed by atoms with Crippen molar-refractivity contribution in [3.8, 4) is 0 Å². The molecule has 0 spiro atoms. The minimum atomic E-state index is -0.660. The van der Waals surface area contributed by atoms with E-state index in [-0.39, 0.29) is 5.97 Å². The lowest BCUT2D eigenvalue weighted by atomic mass is 9.74. The summed E-state index contributed by atoms with van der Waals surface area (Å²) in [6, 6.07) is 5.42. The van der Waals surface area contributed by atoms with E-state index in [0.717, 1.165) is 16.7 Å². The monoisotopic (exact) mass is 235 g/mol. The number of carbonyl (C=O) groups is 1. The number of hydrogen-bond donors (Lipinski definition) is 1. The van der Waals surface area contributed by atoms with Crippen LogP contribution >= 0.6 is 0 Å². The van der Waals surface area contributed by atoms with Crippen LogP contribution < -0.4 is 5.73 Å². The van der Waals surface area contributed by atoms with Gasteiger partial charge in [0.05, 0.1) is 7.11 Å². The first-order chi connectivity index (χ1) is 7.82. The highest BCUT2D eigenvalue weighted by molar-refractivity contribution is 5.78. The van der Waals surface area contributed by atoms with Crippen LogP contribution in [0, 0.1) is 13.8 Å². The lowest BCUT2D eigenvalue weighted by molar-refractivity contribution is -0.143. The molecule has 1 aromatic carbocycles. The van der Waals surface area contributed by atoms with Gasteiger partial charge >= 0.3 is 5.97 Å². The number of rotatable bonds is 3. The molecule has 1 aromatic rings. The molecule has 0 aliphatic heterocycles. The van der Waals surface area contributed by atoms with Crippen molar-refractivity contribution in [2.75, 3.05) is 7.11 Å². The van der Waals surface area contributed by atoms with Gasteiger partial charge in [-0.15, -0.1) is 0 Å². The van der Waals surface area contributed by atoms with E-state index in [2.05, 4.69) is 0 Å². The Balaban J connectivity index is 3.25. The molecule has 1 unspecified atom stereocenters. The van der Waals surface area contributed by atoms with E-state index in [4.69, 9.17) is 10.5 Å². The summed E-state index contributed by atoms with van der Waals surface area (Å²) in [4.78, 5) is 11.6. The number of nitrogens with two attached hydrogens (primary N) is 1. The molecule has 2 N–H and O–H groups in total. The lowest BCUT2D eigenvalue weighted by Gasteiger charge is -2.33. The van der Waals surface area contributed by atoms with Crippen LogP contribution in [0.3, 0.4) is 0 Å². The largest absolute Gasteiger partial charge is 0.468 e. The Hall–Kier alpha value is -1.35. The Kier molecular flexibility index (Phi) is 3.94. The summed E-state index contributed by atoms with van der Waals surface area (Å²) in [5.41, 5.74) is 8.98. The van der Waals surface area contributed by atoms with Crippen LogP contribution in [0.15, 0.2) is 18.2 Å². The minimum absolute atomic E-state index is 0.377. The summed E-state index contributed by atoms with van der Waals surface area (Å²) in [5, 5.41) is 0. The van der Waals surface area contributed by atoms with Crippen LogP contribution in [-0.2, 0) is 14.9 Å². The highest BCUT2D eigenvalue weighted by Gasteiger charge is 2.36. The van der Waals surface area contributed by atoms with Gasteiger partial charge in [0.25, 0.3) is 0 Å². The van der Waals surface area contributed by atoms with Crippen molar-refractivity contribution >= 4 is 5.97 Å². The van der Waals surface area contributed by atoms with Gasteiger partial charge in [-0.25, -0.2) is 0 Å². The predicted octanol–water partition coefficient (Wildman–Crippen LogP) is 2.08. The maximum absolute atomic E-state index is 11.6. The lowest BCUT2D eigenvalue weighted by Crippen LogP contribution is -2.48. The van der Waals surface area contributed by atoms with Gasteiger partial charge in [0.2, 0.25) is 0 Å². The molecule has 1 rings (SSSR count). The first-order valence-electron chi connectivity index (χ1n) is 5.72. The Labute approximate surface area is 103 Å². The maximum atomic E-state index is 11.6. The molecule has 0 amide bonds. The zero-order chi connectivity index (χ0) is 13.2. The third kappa shape index (κ3) is 2.50. The third-order valence-corrected chi connectivity index (χ3v) is 3.36. The number of methoxy groups -OCH3 is 1. The first kappa shape index (κ1) is 13.7. The average molecular weight is 235 g/mol. The van der Waals surface area contributed by atoms with Crippen molar-refractivity contribution in [3.63, 3.8) is 0 Å². The molecular weight excluding hydrogens is 214 g/mol. The smallest absolute Gasteiger partial charge is 0.323 e. The molecule has 94 valence electrons. The summed E-state index contributed by atoms with van der Waals surface area (Å²) in [5.74, 6) is -0.377. The normalized spacial score (nSPS) is 13.3. The molecule has 0 aliphatic rings. The van der Waals surface area contributed by atoms with Crippen LogP contribution in [-0.4, -0.2) is 19.1 Å². The summed E-state index contributed by atoms with van der Waals surface area (Å²) in [6.07, 6.45) is 0. The molecule has 0 saturated heterocycles. The predicted molar refractivity (Wildman–Crippen MR) is 68.9 cm³/mol. The van der Waals surface area contributed by atoms with Crippen molar-refractivity contribution in [3.05, 3.63) is 34.9 Å². The van der Waals surface area contributed by atoms with E-state index in [1.165, 1.54) is 7.11 Å². The molecule has 0 radical (unpaired) electrons. The van der Waals surface area contributed by atoms with Gasteiger partial charge in [0, 0.05) is 5.41 Å². The highest BCUT2D eigenvalue weighted by Crippen LogP contribution is 2.32. The van der Waals surface area contributed by atoms with Crippen molar-refractivity contribution in [2.24, 2.45) is 5.73 Å². The summed E-state index contributed by atoms with van der Waals surface area (Å²) in [6.45, 7) is 8.02. The second kappa shape index (κ2) is 4.88. The molecule has 0 saturated carbocycles. The standard InChI is InChI=1S/C14H21NO2/c1-9-7-6-8-10(2)11(9)14(3,4)12(15)13(16)17-5/h6-8,12H,15H2,1-5H3. The first-order valence-corrected chi connectivity index (χ1v) is 5.72. The summed E-state index contributed by atoms with van der Waals surface area (Å²) in [7, 11) is 1.36. The molecule has 1 atom stereocenters. The molecule has 0 fully saturated rings. The number of carbonyl (C=O) groups excluding carboxylic acids is 1. The number of ether oxygens (including phenoxy) is 1. The average Bonchev–Trinajstić information content (AvgIpc) is 2.26. The van der Waals surface area contributed by atoms with Crippen LogP contribution in [0.25, 0.3) is 0 Å². The fourth-order valence-corrected chi connectivity index (χ4v) is 2.41. The second-order valence-corrected chi connectivity index (χ2v) is 4.99. The topological polar surface area (TPSA) is 52.3 Å². The van der Waals surface area contributed by atoms with E-state index < -0.39 is 11.5 Å². The van der Waals surface area contributed by atoms with Gasteiger partial charge in [-0.3, -0.25) is 4.79 Å². The minimum Gasteiger partial charge on any atom is -0.468 e. The fraction of sp³-hybridized carbons (Fsp3) is 0.500. The van der Waals surface area contributed by atoms with E-state index in [1.807, 2.05) is 45.9 Å². The Morgan fingerprint density at radius 2 is 1.76 bits per heavy atom. The van der Waals surface area contributed by atoms with E-state index in [0.29, 0.717) is 0 Å². The van der Waals surface area contributed by atoms with E-state index >= 15 is 0 Å². The zero-order valence-corrected chi connectivity index (χ0v) is 11.2. The van der Waals surface area contributed by atoms with Gasteiger partial charge in [-0.2, -0.15) is 0 Å². The SMILES string of the molecule is COC(=O)C(N)C(C)(C)c1c(C)cccc1C. The van der Waals surface area contributed by atoms with Crippen molar-refractivity contribution < 1.29 is 9.53 Å². The molecule has 17 heavy (non-hydrogen) atoms. The second-order valence-electron chi connectivity index (χ2n) is 4.99. The molecular formula is C14H21NO2. The summed E-state index contributed by atoms with van der Waals surface area (Å²) < 4.78 is 4.74. The molecule has 0 bridgehead atoms. The third-order valence-electron chi connectivity index (χ3n) is 3.36. The Bertz CT molecular complexity index is 404.